The second-order valence-corrected chi connectivity index (χ2v) is 10.0. The van der Waals surface area contributed by atoms with Crippen molar-refractivity contribution in [3.05, 3.63) is 65.8 Å². The second-order valence-electron chi connectivity index (χ2n) is 10.0. The number of piperidine rings is 1. The van der Waals surface area contributed by atoms with Crippen LogP contribution in [0.4, 0.5) is 0 Å². The Morgan fingerprint density at radius 1 is 1.25 bits per heavy atom. The van der Waals surface area contributed by atoms with Gasteiger partial charge in [-0.3, -0.25) is 9.36 Å². The SMILES string of the molecule is CCOC(=O)[C@H](Cc1ccc(-n2c([C@H]3CCCCN3)nc3cccnc32)cc1)NC1=CC(=O)C1(C)C. The molecule has 1 aliphatic heterocycles. The number of nitrogens with one attached hydrogen (secondary N) is 2. The largest absolute Gasteiger partial charge is 0.464 e. The lowest BCUT2D eigenvalue weighted by molar-refractivity contribution is -0.145. The molecule has 0 bridgehead atoms. The number of ketones is 1. The summed E-state index contributed by atoms with van der Waals surface area (Å²) in [6, 6.07) is 11.7. The van der Waals surface area contributed by atoms with Gasteiger partial charge < -0.3 is 15.4 Å². The number of rotatable bonds is 8. The van der Waals surface area contributed by atoms with Gasteiger partial charge in [0.1, 0.15) is 17.4 Å². The molecule has 2 aliphatic rings. The minimum Gasteiger partial charge on any atom is -0.464 e. The van der Waals surface area contributed by atoms with Gasteiger partial charge >= 0.3 is 5.97 Å². The Balaban J connectivity index is 1.42. The van der Waals surface area contributed by atoms with Crippen LogP contribution in [0.1, 0.15) is 57.5 Å². The van der Waals surface area contributed by atoms with Crippen molar-refractivity contribution in [3.8, 4) is 5.69 Å². The minimum absolute atomic E-state index is 0.0568. The Morgan fingerprint density at radius 3 is 2.72 bits per heavy atom. The van der Waals surface area contributed by atoms with Gasteiger partial charge in [0.15, 0.2) is 11.4 Å². The maximum absolute atomic E-state index is 12.7. The number of hydrogen-bond donors (Lipinski definition) is 2. The smallest absolute Gasteiger partial charge is 0.328 e. The number of allylic oxidation sites excluding steroid dienone is 2. The maximum Gasteiger partial charge on any atom is 0.328 e. The Bertz CT molecular complexity index is 1300. The predicted molar refractivity (Wildman–Crippen MR) is 138 cm³/mol. The molecule has 188 valence electrons. The van der Waals surface area contributed by atoms with Crippen molar-refractivity contribution in [2.24, 2.45) is 5.41 Å². The first-order valence-electron chi connectivity index (χ1n) is 12.7. The van der Waals surface area contributed by atoms with Crippen LogP contribution in [0.2, 0.25) is 0 Å². The number of imidazole rings is 1. The first kappa shape index (κ1) is 24.2. The van der Waals surface area contributed by atoms with Crippen LogP contribution >= 0.6 is 0 Å². The first-order chi connectivity index (χ1) is 17.4. The van der Waals surface area contributed by atoms with Gasteiger partial charge in [-0.1, -0.05) is 18.6 Å². The molecule has 0 spiro atoms. The molecule has 2 N–H and O–H groups in total. The Hall–Kier alpha value is -3.52. The van der Waals surface area contributed by atoms with Crippen molar-refractivity contribution < 1.29 is 14.3 Å². The van der Waals surface area contributed by atoms with E-state index in [0.717, 1.165) is 46.9 Å². The normalized spacial score (nSPS) is 19.9. The van der Waals surface area contributed by atoms with E-state index in [0.29, 0.717) is 13.0 Å². The highest BCUT2D eigenvalue weighted by molar-refractivity contribution is 6.04. The molecular formula is C28H33N5O3. The third kappa shape index (κ3) is 4.53. The standard InChI is InChI=1S/C28H33N5O3/c1-4-36-27(35)22(31-23-17-24(34)28(23,2)3)16-18-10-12-19(13-11-18)33-25-21(9-7-15-30-25)32-26(33)20-8-5-6-14-29-20/h7,9-13,15,17,20,22,29,31H,4-6,8,14,16H2,1-3H3/t20-,22+/m1/s1. The summed E-state index contributed by atoms with van der Waals surface area (Å²) in [5.41, 5.74) is 3.85. The van der Waals surface area contributed by atoms with Gasteiger partial charge in [-0.15, -0.1) is 0 Å². The third-order valence-corrected chi connectivity index (χ3v) is 7.16. The Kier molecular flexibility index (Phi) is 6.62. The number of carbonyl (C=O) groups is 2. The highest BCUT2D eigenvalue weighted by atomic mass is 16.5. The van der Waals surface area contributed by atoms with Crippen molar-refractivity contribution in [3.63, 3.8) is 0 Å². The van der Waals surface area contributed by atoms with Gasteiger partial charge in [0.25, 0.3) is 0 Å². The van der Waals surface area contributed by atoms with Crippen molar-refractivity contribution in [2.45, 2.75) is 58.5 Å². The van der Waals surface area contributed by atoms with Crippen LogP contribution < -0.4 is 10.6 Å². The fourth-order valence-electron chi connectivity index (χ4n) is 4.90. The van der Waals surface area contributed by atoms with Gasteiger partial charge in [-0.25, -0.2) is 14.8 Å². The fourth-order valence-corrected chi connectivity index (χ4v) is 4.90. The molecule has 36 heavy (non-hydrogen) atoms. The van der Waals surface area contributed by atoms with E-state index in [1.807, 2.05) is 38.1 Å². The average molecular weight is 488 g/mol. The molecule has 8 heteroatoms. The number of carbonyl (C=O) groups excluding carboxylic acids is 2. The number of nitrogens with zero attached hydrogens (tertiary/aromatic N) is 3. The summed E-state index contributed by atoms with van der Waals surface area (Å²) >= 11 is 0. The van der Waals surface area contributed by atoms with E-state index in [9.17, 15) is 9.59 Å². The Morgan fingerprint density at radius 2 is 2.06 bits per heavy atom. The molecule has 2 aromatic heterocycles. The van der Waals surface area contributed by atoms with E-state index in [-0.39, 0.29) is 17.8 Å². The number of ether oxygens (including phenoxy) is 1. The summed E-state index contributed by atoms with van der Waals surface area (Å²) in [6.45, 7) is 6.80. The van der Waals surface area contributed by atoms with Crippen molar-refractivity contribution >= 4 is 22.9 Å². The van der Waals surface area contributed by atoms with Gasteiger partial charge in [0.2, 0.25) is 0 Å². The zero-order chi connectivity index (χ0) is 25.3. The van der Waals surface area contributed by atoms with E-state index in [4.69, 9.17) is 9.72 Å². The summed E-state index contributed by atoms with van der Waals surface area (Å²) in [7, 11) is 0. The number of aromatic nitrogens is 3. The van der Waals surface area contributed by atoms with Gasteiger partial charge in [-0.05, 0) is 70.0 Å². The molecule has 0 radical (unpaired) electrons. The maximum atomic E-state index is 12.7. The number of pyridine rings is 1. The van der Waals surface area contributed by atoms with E-state index >= 15 is 0 Å². The van der Waals surface area contributed by atoms with E-state index in [2.05, 4.69) is 32.3 Å². The van der Waals surface area contributed by atoms with Crippen LogP contribution in [0.5, 0.6) is 0 Å². The zero-order valence-corrected chi connectivity index (χ0v) is 21.1. The van der Waals surface area contributed by atoms with E-state index < -0.39 is 11.5 Å². The topological polar surface area (TPSA) is 98.1 Å². The van der Waals surface area contributed by atoms with Crippen LogP contribution in [0.15, 0.2) is 54.4 Å². The molecule has 1 fully saturated rings. The summed E-state index contributed by atoms with van der Waals surface area (Å²) in [6.07, 6.45) is 7.21. The molecule has 1 aliphatic carbocycles. The lowest BCUT2D eigenvalue weighted by Crippen LogP contribution is -2.48. The summed E-state index contributed by atoms with van der Waals surface area (Å²) in [4.78, 5) is 34.2. The molecule has 1 aromatic carbocycles. The van der Waals surface area contributed by atoms with Crippen molar-refractivity contribution in [2.75, 3.05) is 13.2 Å². The monoisotopic (exact) mass is 487 g/mol. The summed E-state index contributed by atoms with van der Waals surface area (Å²) in [5, 5.41) is 6.87. The van der Waals surface area contributed by atoms with Crippen molar-refractivity contribution in [1.29, 1.82) is 0 Å². The molecule has 0 amide bonds. The van der Waals surface area contributed by atoms with Gasteiger partial charge in [-0.2, -0.15) is 0 Å². The minimum atomic E-state index is -0.604. The molecule has 1 saturated heterocycles. The summed E-state index contributed by atoms with van der Waals surface area (Å²) in [5.74, 6) is 0.709. The lowest BCUT2D eigenvalue weighted by Gasteiger charge is -2.36. The van der Waals surface area contributed by atoms with Crippen LogP contribution in [0.25, 0.3) is 16.9 Å². The highest BCUT2D eigenvalue weighted by Gasteiger charge is 2.41. The van der Waals surface area contributed by atoms with Crippen LogP contribution in [-0.4, -0.2) is 45.5 Å². The molecule has 0 unspecified atom stereocenters. The third-order valence-electron chi connectivity index (χ3n) is 7.16. The summed E-state index contributed by atoms with van der Waals surface area (Å²) < 4.78 is 7.45. The zero-order valence-electron chi connectivity index (χ0n) is 21.1. The van der Waals surface area contributed by atoms with E-state index in [1.54, 1.807) is 19.2 Å². The molecule has 0 saturated carbocycles. The average Bonchev–Trinajstić information content (AvgIpc) is 3.28. The van der Waals surface area contributed by atoms with Crippen molar-refractivity contribution in [1.82, 2.24) is 25.2 Å². The number of hydrogen-bond acceptors (Lipinski definition) is 7. The van der Waals surface area contributed by atoms with E-state index in [1.165, 1.54) is 12.8 Å². The predicted octanol–water partition coefficient (Wildman–Crippen LogP) is 3.79. The quantitative estimate of drug-likeness (QED) is 0.467. The van der Waals surface area contributed by atoms with Crippen LogP contribution in [-0.2, 0) is 20.7 Å². The molecular weight excluding hydrogens is 454 g/mol. The molecule has 8 nitrogen and oxygen atoms in total. The number of benzene rings is 1. The molecule has 3 aromatic rings. The molecule has 5 rings (SSSR count). The van der Waals surface area contributed by atoms with Gasteiger partial charge in [0.05, 0.1) is 18.1 Å². The van der Waals surface area contributed by atoms with Gasteiger partial charge in [0, 0.05) is 30.1 Å². The van der Waals surface area contributed by atoms with Crippen LogP contribution in [0.3, 0.4) is 0 Å². The Labute approximate surface area is 211 Å². The number of esters is 1. The fraction of sp³-hybridized carbons (Fsp3) is 0.429. The highest BCUT2D eigenvalue weighted by Crippen LogP contribution is 2.35. The first-order valence-corrected chi connectivity index (χ1v) is 12.7. The molecule has 2 atom stereocenters. The van der Waals surface area contributed by atoms with Crippen LogP contribution in [0, 0.1) is 5.41 Å². The lowest BCUT2D eigenvalue weighted by atomic mass is 9.74. The second kappa shape index (κ2) is 9.85. The number of fused-ring (bicyclic) bond motifs is 1. The molecule has 3 heterocycles.